The number of methoxy groups -OCH3 is 1. The molecule has 0 bridgehead atoms. The summed E-state index contributed by atoms with van der Waals surface area (Å²) in [5, 5.41) is 6.81. The van der Waals surface area contributed by atoms with Crippen molar-refractivity contribution in [3.05, 3.63) is 48.5 Å². The zero-order chi connectivity index (χ0) is 19.2. The molecule has 0 aliphatic heterocycles. The summed E-state index contributed by atoms with van der Waals surface area (Å²) in [6, 6.07) is 14.6. The summed E-state index contributed by atoms with van der Waals surface area (Å²) in [6.45, 7) is 3.75. The summed E-state index contributed by atoms with van der Waals surface area (Å²) in [5.41, 5.74) is 1.53. The van der Waals surface area contributed by atoms with Crippen molar-refractivity contribution in [3.63, 3.8) is 0 Å². The zero-order valence-electron chi connectivity index (χ0n) is 15.4. The van der Waals surface area contributed by atoms with Gasteiger partial charge in [-0.25, -0.2) is 0 Å². The molecule has 27 heavy (non-hydrogen) atoms. The van der Waals surface area contributed by atoms with Gasteiger partial charge in [0.1, 0.15) is 11.5 Å². The van der Waals surface area contributed by atoms with Crippen molar-refractivity contribution in [2.75, 3.05) is 13.7 Å². The number of nitrogens with zero attached hydrogens (tertiary/aromatic N) is 2. The van der Waals surface area contributed by atoms with Crippen molar-refractivity contribution in [3.8, 4) is 34.3 Å². The van der Waals surface area contributed by atoms with Crippen molar-refractivity contribution in [2.45, 2.75) is 19.9 Å². The summed E-state index contributed by atoms with van der Waals surface area (Å²) < 4.78 is 16.0. The Kier molecular flexibility index (Phi) is 5.71. The highest BCUT2D eigenvalue weighted by atomic mass is 16.5. The first-order chi connectivity index (χ1) is 13.0. The molecule has 140 valence electrons. The van der Waals surface area contributed by atoms with Gasteiger partial charge >= 0.3 is 0 Å². The predicted molar refractivity (Wildman–Crippen MR) is 100 cm³/mol. The van der Waals surface area contributed by atoms with Gasteiger partial charge in [0, 0.05) is 17.2 Å². The van der Waals surface area contributed by atoms with Crippen LogP contribution in [-0.2, 0) is 4.79 Å². The van der Waals surface area contributed by atoms with Crippen molar-refractivity contribution < 1.29 is 18.8 Å². The van der Waals surface area contributed by atoms with Gasteiger partial charge in [0.2, 0.25) is 5.82 Å². The van der Waals surface area contributed by atoms with Crippen LogP contribution in [0.2, 0.25) is 0 Å². The van der Waals surface area contributed by atoms with Crippen LogP contribution in [0.4, 0.5) is 0 Å². The van der Waals surface area contributed by atoms with Gasteiger partial charge in [-0.1, -0.05) is 17.3 Å². The highest BCUT2D eigenvalue weighted by Crippen LogP contribution is 2.26. The van der Waals surface area contributed by atoms with E-state index in [1.54, 1.807) is 19.2 Å². The number of carbonyl (C=O) groups is 1. The third kappa shape index (κ3) is 4.84. The van der Waals surface area contributed by atoms with Crippen LogP contribution in [-0.4, -0.2) is 35.8 Å². The Balaban J connectivity index is 1.71. The van der Waals surface area contributed by atoms with Crippen LogP contribution in [0, 0.1) is 0 Å². The van der Waals surface area contributed by atoms with Gasteiger partial charge in [-0.2, -0.15) is 4.98 Å². The lowest BCUT2D eigenvalue weighted by Crippen LogP contribution is -2.34. The number of aromatic nitrogens is 2. The standard InChI is InChI=1S/C20H21N3O4/c1-13(2)21-18(24)12-26-17-6-4-5-15(11-17)19-22-20(27-23-19)14-7-9-16(25-3)10-8-14/h4-11,13H,12H2,1-3H3,(H,21,24). The normalized spacial score (nSPS) is 10.7. The van der Waals surface area contributed by atoms with Crippen molar-refractivity contribution in [2.24, 2.45) is 0 Å². The maximum absolute atomic E-state index is 11.7. The average molecular weight is 367 g/mol. The molecule has 3 aromatic rings. The lowest BCUT2D eigenvalue weighted by molar-refractivity contribution is -0.123. The molecule has 0 aliphatic rings. The molecule has 0 saturated heterocycles. The quantitative estimate of drug-likeness (QED) is 0.689. The van der Waals surface area contributed by atoms with Crippen LogP contribution >= 0.6 is 0 Å². The highest BCUT2D eigenvalue weighted by molar-refractivity contribution is 5.77. The molecule has 0 spiro atoms. The van der Waals surface area contributed by atoms with E-state index in [1.165, 1.54) is 0 Å². The topological polar surface area (TPSA) is 86.5 Å². The largest absolute Gasteiger partial charge is 0.497 e. The van der Waals surface area contributed by atoms with Crippen LogP contribution < -0.4 is 14.8 Å². The Morgan fingerprint density at radius 2 is 1.89 bits per heavy atom. The van der Waals surface area contributed by atoms with Crippen molar-refractivity contribution in [1.29, 1.82) is 0 Å². The minimum atomic E-state index is -0.170. The maximum atomic E-state index is 11.7. The van der Waals surface area contributed by atoms with Crippen LogP contribution in [0.15, 0.2) is 53.1 Å². The molecular weight excluding hydrogens is 346 g/mol. The fourth-order valence-corrected chi connectivity index (χ4v) is 2.43. The van der Waals surface area contributed by atoms with Gasteiger partial charge < -0.3 is 19.3 Å². The molecule has 7 heteroatoms. The SMILES string of the molecule is COc1ccc(-c2nc(-c3cccc(OCC(=O)NC(C)C)c3)no2)cc1. The Bertz CT molecular complexity index is 904. The first-order valence-electron chi connectivity index (χ1n) is 8.56. The summed E-state index contributed by atoms with van der Waals surface area (Å²) in [4.78, 5) is 16.1. The minimum absolute atomic E-state index is 0.0506. The van der Waals surface area contributed by atoms with Crippen LogP contribution in [0.5, 0.6) is 11.5 Å². The molecule has 0 fully saturated rings. The molecule has 0 atom stereocenters. The Morgan fingerprint density at radius 3 is 2.59 bits per heavy atom. The van der Waals surface area contributed by atoms with Crippen LogP contribution in [0.3, 0.4) is 0 Å². The second kappa shape index (κ2) is 8.35. The van der Waals surface area contributed by atoms with Gasteiger partial charge in [-0.05, 0) is 50.2 Å². The van der Waals surface area contributed by atoms with Crippen LogP contribution in [0.25, 0.3) is 22.8 Å². The molecule has 1 amide bonds. The van der Waals surface area contributed by atoms with E-state index in [-0.39, 0.29) is 18.6 Å². The fraction of sp³-hybridized carbons (Fsp3) is 0.250. The van der Waals surface area contributed by atoms with E-state index in [0.29, 0.717) is 17.5 Å². The van der Waals surface area contributed by atoms with E-state index in [0.717, 1.165) is 16.9 Å². The number of amides is 1. The van der Waals surface area contributed by atoms with Gasteiger partial charge in [-0.3, -0.25) is 4.79 Å². The smallest absolute Gasteiger partial charge is 0.258 e. The van der Waals surface area contributed by atoms with Gasteiger partial charge in [0.15, 0.2) is 6.61 Å². The van der Waals surface area contributed by atoms with Gasteiger partial charge in [0.05, 0.1) is 7.11 Å². The lowest BCUT2D eigenvalue weighted by atomic mass is 10.2. The maximum Gasteiger partial charge on any atom is 0.258 e. The monoisotopic (exact) mass is 367 g/mol. The van der Waals surface area contributed by atoms with E-state index < -0.39 is 0 Å². The van der Waals surface area contributed by atoms with Gasteiger partial charge in [-0.15, -0.1) is 0 Å². The number of nitrogens with one attached hydrogen (secondary N) is 1. The van der Waals surface area contributed by atoms with E-state index in [1.807, 2.05) is 50.2 Å². The molecule has 1 aromatic heterocycles. The fourth-order valence-electron chi connectivity index (χ4n) is 2.43. The molecule has 0 aliphatic carbocycles. The number of ether oxygens (including phenoxy) is 2. The number of hydrogen-bond donors (Lipinski definition) is 1. The van der Waals surface area contributed by atoms with E-state index in [9.17, 15) is 4.79 Å². The molecule has 0 radical (unpaired) electrons. The molecule has 1 N–H and O–H groups in total. The summed E-state index contributed by atoms with van der Waals surface area (Å²) >= 11 is 0. The van der Waals surface area contributed by atoms with E-state index in [4.69, 9.17) is 14.0 Å². The van der Waals surface area contributed by atoms with E-state index >= 15 is 0 Å². The third-order valence-electron chi connectivity index (χ3n) is 3.67. The summed E-state index contributed by atoms with van der Waals surface area (Å²) in [7, 11) is 1.61. The first-order valence-corrected chi connectivity index (χ1v) is 8.56. The molecule has 7 nitrogen and oxygen atoms in total. The van der Waals surface area contributed by atoms with E-state index in [2.05, 4.69) is 15.5 Å². The predicted octanol–water partition coefficient (Wildman–Crippen LogP) is 3.32. The minimum Gasteiger partial charge on any atom is -0.497 e. The molecular formula is C20H21N3O4. The molecule has 2 aromatic carbocycles. The second-order valence-electron chi connectivity index (χ2n) is 6.19. The first kappa shape index (κ1) is 18.4. The molecule has 0 unspecified atom stereocenters. The zero-order valence-corrected chi connectivity index (χ0v) is 15.4. The summed E-state index contributed by atoms with van der Waals surface area (Å²) in [5.74, 6) is 2.00. The number of rotatable bonds is 7. The van der Waals surface area contributed by atoms with Crippen LogP contribution in [0.1, 0.15) is 13.8 Å². The summed E-state index contributed by atoms with van der Waals surface area (Å²) in [6.07, 6.45) is 0. The highest BCUT2D eigenvalue weighted by Gasteiger charge is 2.12. The number of benzene rings is 2. The number of carbonyl (C=O) groups excluding carboxylic acids is 1. The molecule has 3 rings (SSSR count). The molecule has 1 heterocycles. The third-order valence-corrected chi connectivity index (χ3v) is 3.67. The van der Waals surface area contributed by atoms with Crippen molar-refractivity contribution in [1.82, 2.24) is 15.5 Å². The molecule has 0 saturated carbocycles. The van der Waals surface area contributed by atoms with Crippen molar-refractivity contribution >= 4 is 5.91 Å². The average Bonchev–Trinajstić information content (AvgIpc) is 3.16. The Hall–Kier alpha value is -3.35. The Morgan fingerprint density at radius 1 is 1.11 bits per heavy atom. The second-order valence-corrected chi connectivity index (χ2v) is 6.19. The Labute approximate surface area is 157 Å². The number of hydrogen-bond acceptors (Lipinski definition) is 6. The van der Waals surface area contributed by atoms with Gasteiger partial charge in [0.25, 0.3) is 11.8 Å². The lowest BCUT2D eigenvalue weighted by Gasteiger charge is -2.10.